The fourth-order valence-corrected chi connectivity index (χ4v) is 5.18. The smallest absolute Gasteiger partial charge is 0.281 e. The molecule has 1 aliphatic heterocycles. The summed E-state index contributed by atoms with van der Waals surface area (Å²) in [5, 5.41) is 9.03. The summed E-state index contributed by atoms with van der Waals surface area (Å²) in [7, 11) is -3.21. The van der Waals surface area contributed by atoms with Gasteiger partial charge in [-0.25, -0.2) is 22.4 Å². The van der Waals surface area contributed by atoms with Crippen molar-refractivity contribution in [3.05, 3.63) is 50.0 Å². The molecule has 1 N–H and O–H groups in total. The number of aromatic nitrogens is 5. The van der Waals surface area contributed by atoms with Gasteiger partial charge in [-0.15, -0.1) is 5.10 Å². The van der Waals surface area contributed by atoms with E-state index in [9.17, 15) is 13.2 Å². The van der Waals surface area contributed by atoms with Gasteiger partial charge in [-0.3, -0.25) is 4.79 Å². The number of hydrogen-bond acceptors (Lipinski definition) is 6. The van der Waals surface area contributed by atoms with E-state index in [0.29, 0.717) is 47.4 Å². The minimum absolute atomic E-state index is 0.0483. The fraction of sp³-hybridized carbons (Fsp3) is 0.444. The molecule has 2 aromatic heterocycles. The van der Waals surface area contributed by atoms with Crippen LogP contribution >= 0.6 is 23.2 Å². The molecular weight excluding hydrogens is 451 g/mol. The van der Waals surface area contributed by atoms with Gasteiger partial charge < -0.3 is 4.98 Å². The molecule has 3 heterocycles. The average molecular weight is 471 g/mol. The average Bonchev–Trinajstić information content (AvgIpc) is 3.13. The van der Waals surface area contributed by atoms with Gasteiger partial charge in [0.25, 0.3) is 5.56 Å². The highest BCUT2D eigenvalue weighted by atomic mass is 35.5. The summed E-state index contributed by atoms with van der Waals surface area (Å²) >= 11 is 12.2. The minimum Gasteiger partial charge on any atom is -0.308 e. The van der Waals surface area contributed by atoms with Crippen LogP contribution in [0.25, 0.3) is 11.2 Å². The van der Waals surface area contributed by atoms with Gasteiger partial charge in [0.05, 0.1) is 12.3 Å². The van der Waals surface area contributed by atoms with Gasteiger partial charge in [0.15, 0.2) is 11.2 Å². The Kier molecular flexibility index (Phi) is 5.84. The van der Waals surface area contributed by atoms with E-state index in [4.69, 9.17) is 23.2 Å². The SMILES string of the molecule is CCS(=O)(=O)N1CCC(c2nc3c(nnn3Cc3ccc(Cl)cc3Cl)c(=O)[nH]2)CC1. The molecular formula is C18H20Cl2N6O3S. The predicted molar refractivity (Wildman–Crippen MR) is 115 cm³/mol. The normalized spacial score (nSPS) is 16.4. The molecule has 0 unspecified atom stereocenters. The number of aromatic amines is 1. The van der Waals surface area contributed by atoms with Gasteiger partial charge in [-0.05, 0) is 37.5 Å². The summed E-state index contributed by atoms with van der Waals surface area (Å²) in [5.74, 6) is 0.552. The van der Waals surface area contributed by atoms with E-state index >= 15 is 0 Å². The van der Waals surface area contributed by atoms with Gasteiger partial charge >= 0.3 is 0 Å². The monoisotopic (exact) mass is 470 g/mol. The lowest BCUT2D eigenvalue weighted by atomic mass is 9.97. The van der Waals surface area contributed by atoms with Gasteiger partial charge in [0, 0.05) is 29.1 Å². The Morgan fingerprint density at radius 3 is 2.63 bits per heavy atom. The molecule has 0 atom stereocenters. The van der Waals surface area contributed by atoms with Crippen molar-refractivity contribution in [3.8, 4) is 0 Å². The Hall–Kier alpha value is -2.01. The van der Waals surface area contributed by atoms with Gasteiger partial charge in [0.1, 0.15) is 5.82 Å². The topological polar surface area (TPSA) is 114 Å². The van der Waals surface area contributed by atoms with Gasteiger partial charge in [0.2, 0.25) is 10.0 Å². The molecule has 3 aromatic rings. The number of H-pyrrole nitrogens is 1. The molecule has 12 heteroatoms. The summed E-state index contributed by atoms with van der Waals surface area (Å²) in [6.45, 7) is 2.73. The number of nitrogens with one attached hydrogen (secondary N) is 1. The van der Waals surface area contributed by atoms with Crippen LogP contribution < -0.4 is 5.56 Å². The molecule has 0 bridgehead atoms. The van der Waals surface area contributed by atoms with Crippen molar-refractivity contribution in [1.82, 2.24) is 29.3 Å². The first-order valence-corrected chi connectivity index (χ1v) is 11.9. The summed E-state index contributed by atoms with van der Waals surface area (Å²) in [5.41, 5.74) is 0.917. The number of nitrogens with zero attached hydrogens (tertiary/aromatic N) is 5. The van der Waals surface area contributed by atoms with E-state index < -0.39 is 10.0 Å². The number of sulfonamides is 1. The Morgan fingerprint density at radius 2 is 1.97 bits per heavy atom. The second kappa shape index (κ2) is 8.26. The Balaban J connectivity index is 1.62. The first-order valence-electron chi connectivity index (χ1n) is 9.53. The van der Waals surface area contributed by atoms with Crippen LogP contribution in [-0.2, 0) is 16.6 Å². The molecule has 1 fully saturated rings. The molecule has 1 aromatic carbocycles. The summed E-state index contributed by atoms with van der Waals surface area (Å²) in [6.07, 6.45) is 1.16. The third kappa shape index (κ3) is 4.09. The zero-order chi connectivity index (χ0) is 21.5. The van der Waals surface area contributed by atoms with Crippen LogP contribution in [0.4, 0.5) is 0 Å². The van der Waals surface area contributed by atoms with E-state index in [0.717, 1.165) is 5.56 Å². The standard InChI is InChI=1S/C18H20Cl2N6O3S/c1-2-30(28,29)25-7-5-11(6-8-25)16-21-17-15(18(27)22-16)23-24-26(17)10-12-3-4-13(19)9-14(12)20/h3-4,9,11H,2,5-8,10H2,1H3,(H,21,22,27). The molecule has 1 saturated heterocycles. The largest absolute Gasteiger partial charge is 0.308 e. The molecule has 9 nitrogen and oxygen atoms in total. The highest BCUT2D eigenvalue weighted by molar-refractivity contribution is 7.89. The van der Waals surface area contributed by atoms with Crippen LogP contribution in [0, 0.1) is 0 Å². The lowest BCUT2D eigenvalue weighted by molar-refractivity contribution is 0.314. The number of hydrogen-bond donors (Lipinski definition) is 1. The van der Waals surface area contributed by atoms with Crippen LogP contribution in [0.3, 0.4) is 0 Å². The molecule has 0 spiro atoms. The number of benzene rings is 1. The second-order valence-electron chi connectivity index (χ2n) is 7.18. The lowest BCUT2D eigenvalue weighted by Crippen LogP contribution is -2.39. The van der Waals surface area contributed by atoms with E-state index in [2.05, 4.69) is 20.3 Å². The van der Waals surface area contributed by atoms with Crippen molar-refractivity contribution in [1.29, 1.82) is 0 Å². The van der Waals surface area contributed by atoms with E-state index in [1.165, 1.54) is 8.99 Å². The molecule has 30 heavy (non-hydrogen) atoms. The Labute approximate surface area is 183 Å². The third-order valence-electron chi connectivity index (χ3n) is 5.33. The fourth-order valence-electron chi connectivity index (χ4n) is 3.58. The Bertz CT molecular complexity index is 1250. The van der Waals surface area contributed by atoms with Crippen molar-refractivity contribution >= 4 is 44.4 Å². The van der Waals surface area contributed by atoms with Crippen molar-refractivity contribution < 1.29 is 8.42 Å². The summed E-state index contributed by atoms with van der Waals surface area (Å²) in [6, 6.07) is 5.16. The highest BCUT2D eigenvalue weighted by Gasteiger charge is 2.29. The summed E-state index contributed by atoms with van der Waals surface area (Å²) < 4.78 is 27.2. The third-order valence-corrected chi connectivity index (χ3v) is 7.79. The van der Waals surface area contributed by atoms with Crippen LogP contribution in [0.1, 0.15) is 37.1 Å². The maximum absolute atomic E-state index is 12.5. The maximum Gasteiger partial charge on any atom is 0.281 e. The molecule has 160 valence electrons. The van der Waals surface area contributed by atoms with Crippen molar-refractivity contribution in [2.24, 2.45) is 0 Å². The minimum atomic E-state index is -3.21. The summed E-state index contributed by atoms with van der Waals surface area (Å²) in [4.78, 5) is 19.9. The Morgan fingerprint density at radius 1 is 1.23 bits per heavy atom. The van der Waals surface area contributed by atoms with Crippen LogP contribution in [0.5, 0.6) is 0 Å². The van der Waals surface area contributed by atoms with Gasteiger partial charge in [-0.1, -0.05) is 34.5 Å². The van der Waals surface area contributed by atoms with Crippen molar-refractivity contribution in [3.63, 3.8) is 0 Å². The molecule has 4 rings (SSSR count). The molecule has 0 aliphatic carbocycles. The maximum atomic E-state index is 12.5. The zero-order valence-electron chi connectivity index (χ0n) is 16.2. The van der Waals surface area contributed by atoms with Gasteiger partial charge in [-0.2, -0.15) is 0 Å². The number of halogens is 2. The van der Waals surface area contributed by atoms with Crippen LogP contribution in [0.15, 0.2) is 23.0 Å². The van der Waals surface area contributed by atoms with Crippen LogP contribution in [0.2, 0.25) is 10.0 Å². The second-order valence-corrected chi connectivity index (χ2v) is 10.3. The number of rotatable bonds is 5. The van der Waals surface area contributed by atoms with Crippen molar-refractivity contribution in [2.75, 3.05) is 18.8 Å². The van der Waals surface area contributed by atoms with E-state index in [1.807, 2.05) is 0 Å². The molecule has 0 amide bonds. The zero-order valence-corrected chi connectivity index (χ0v) is 18.5. The highest BCUT2D eigenvalue weighted by Crippen LogP contribution is 2.27. The molecule has 1 aliphatic rings. The molecule has 0 radical (unpaired) electrons. The van der Waals surface area contributed by atoms with Crippen LogP contribution in [-0.4, -0.2) is 56.5 Å². The number of piperidine rings is 1. The van der Waals surface area contributed by atoms with Crippen molar-refractivity contribution in [2.45, 2.75) is 32.2 Å². The van der Waals surface area contributed by atoms with E-state index in [1.54, 1.807) is 25.1 Å². The first kappa shape index (κ1) is 21.2. The molecule has 0 saturated carbocycles. The number of fused-ring (bicyclic) bond motifs is 1. The lowest BCUT2D eigenvalue weighted by Gasteiger charge is -2.30. The van der Waals surface area contributed by atoms with E-state index in [-0.39, 0.29) is 29.3 Å². The quantitative estimate of drug-likeness (QED) is 0.612. The first-order chi connectivity index (χ1) is 14.3. The predicted octanol–water partition coefficient (Wildman–Crippen LogP) is 2.40.